The van der Waals surface area contributed by atoms with Gasteiger partial charge in [-0.1, -0.05) is 36.4 Å². The van der Waals surface area contributed by atoms with Crippen LogP contribution in [0, 0.1) is 0 Å². The van der Waals surface area contributed by atoms with Gasteiger partial charge in [-0.15, -0.1) is 0 Å². The lowest BCUT2D eigenvalue weighted by Gasteiger charge is -2.35. The molecule has 0 radical (unpaired) electrons. The number of nitrogens with zero attached hydrogens (tertiary/aromatic N) is 2. The number of carbonyl (C=O) groups excluding carboxylic acids is 2. The van der Waals surface area contributed by atoms with Crippen LogP contribution in [0.3, 0.4) is 0 Å². The zero-order valence-corrected chi connectivity index (χ0v) is 17.6. The highest BCUT2D eigenvalue weighted by molar-refractivity contribution is 5.83. The van der Waals surface area contributed by atoms with Crippen LogP contribution in [0.25, 0.3) is 0 Å². The smallest absolute Gasteiger partial charge is 0.328 e. The Morgan fingerprint density at radius 1 is 1.00 bits per heavy atom. The zero-order valence-electron chi connectivity index (χ0n) is 17.6. The van der Waals surface area contributed by atoms with E-state index in [0.717, 1.165) is 42.3 Å². The molecule has 31 heavy (non-hydrogen) atoms. The highest BCUT2D eigenvalue weighted by atomic mass is 16.7. The first-order valence-electron chi connectivity index (χ1n) is 10.4. The number of esters is 1. The van der Waals surface area contributed by atoms with Crippen LogP contribution in [0.1, 0.15) is 11.1 Å². The molecule has 1 atom stereocenters. The normalized spacial score (nSPS) is 16.6. The van der Waals surface area contributed by atoms with E-state index in [1.54, 1.807) is 4.90 Å². The molecule has 0 aliphatic carbocycles. The minimum absolute atomic E-state index is 0.242. The number of methoxy groups -OCH3 is 1. The van der Waals surface area contributed by atoms with Gasteiger partial charge in [-0.25, -0.2) is 9.59 Å². The first kappa shape index (κ1) is 21.0. The second kappa shape index (κ2) is 9.70. The lowest BCUT2D eigenvalue weighted by molar-refractivity contribution is -0.142. The number of piperazine rings is 1. The second-order valence-electron chi connectivity index (χ2n) is 7.67. The fourth-order valence-electron chi connectivity index (χ4n) is 3.83. The minimum atomic E-state index is -0.716. The van der Waals surface area contributed by atoms with Crippen LogP contribution in [-0.2, 0) is 22.5 Å². The maximum atomic E-state index is 12.8. The Kier molecular flexibility index (Phi) is 6.57. The fraction of sp³-hybridized carbons (Fsp3) is 0.391. The zero-order chi connectivity index (χ0) is 21.6. The summed E-state index contributed by atoms with van der Waals surface area (Å²) in [5.74, 6) is 1.11. The van der Waals surface area contributed by atoms with Crippen molar-refractivity contribution in [2.45, 2.75) is 19.0 Å². The molecule has 1 unspecified atom stereocenters. The van der Waals surface area contributed by atoms with Gasteiger partial charge in [-0.2, -0.15) is 0 Å². The Morgan fingerprint density at radius 3 is 2.48 bits per heavy atom. The molecule has 2 aromatic carbocycles. The summed E-state index contributed by atoms with van der Waals surface area (Å²) >= 11 is 0. The SMILES string of the molecule is COC(=O)C(Cc1ccccc1)NC(=O)N1CCN(Cc2ccc3c(c2)OCO3)CC1. The first-order valence-corrected chi connectivity index (χ1v) is 10.4. The standard InChI is InChI=1S/C23H27N3O5/c1-29-22(27)19(13-17-5-3-2-4-6-17)24-23(28)26-11-9-25(10-12-26)15-18-7-8-20-21(14-18)31-16-30-20/h2-8,14,19H,9-13,15-16H2,1H3,(H,24,28). The van der Waals surface area contributed by atoms with Crippen LogP contribution in [0.2, 0.25) is 0 Å². The molecule has 1 N–H and O–H groups in total. The molecule has 164 valence electrons. The summed E-state index contributed by atoms with van der Waals surface area (Å²) in [4.78, 5) is 29.0. The number of hydrogen-bond donors (Lipinski definition) is 1. The maximum absolute atomic E-state index is 12.8. The Hall–Kier alpha value is -3.26. The molecule has 2 aliphatic heterocycles. The predicted molar refractivity (Wildman–Crippen MR) is 114 cm³/mol. The topological polar surface area (TPSA) is 80.3 Å². The molecule has 0 aromatic heterocycles. The lowest BCUT2D eigenvalue weighted by atomic mass is 10.1. The number of rotatable bonds is 6. The summed E-state index contributed by atoms with van der Waals surface area (Å²) < 4.78 is 15.7. The number of benzene rings is 2. The molecular weight excluding hydrogens is 398 g/mol. The summed E-state index contributed by atoms with van der Waals surface area (Å²) in [6.45, 7) is 3.74. The van der Waals surface area contributed by atoms with Gasteiger partial charge < -0.3 is 24.4 Å². The molecule has 2 amide bonds. The van der Waals surface area contributed by atoms with E-state index in [0.29, 0.717) is 19.5 Å². The molecule has 4 rings (SSSR count). The third-order valence-electron chi connectivity index (χ3n) is 5.57. The number of amides is 2. The number of urea groups is 1. The van der Waals surface area contributed by atoms with Crippen molar-refractivity contribution in [3.05, 3.63) is 59.7 Å². The van der Waals surface area contributed by atoms with Crippen molar-refractivity contribution in [3.8, 4) is 11.5 Å². The predicted octanol–water partition coefficient (Wildman–Crippen LogP) is 2.03. The van der Waals surface area contributed by atoms with Gasteiger partial charge in [-0.3, -0.25) is 4.90 Å². The van der Waals surface area contributed by atoms with Crippen molar-refractivity contribution in [3.63, 3.8) is 0 Å². The van der Waals surface area contributed by atoms with E-state index in [2.05, 4.69) is 10.2 Å². The highest BCUT2D eigenvalue weighted by Gasteiger charge is 2.27. The molecule has 0 spiro atoms. The van der Waals surface area contributed by atoms with Crippen LogP contribution < -0.4 is 14.8 Å². The fourth-order valence-corrected chi connectivity index (χ4v) is 3.83. The monoisotopic (exact) mass is 425 g/mol. The van der Waals surface area contributed by atoms with Crippen molar-refractivity contribution in [2.75, 3.05) is 40.1 Å². The maximum Gasteiger partial charge on any atom is 0.328 e. The molecule has 8 nitrogen and oxygen atoms in total. The Bertz CT molecular complexity index is 913. The third-order valence-corrected chi connectivity index (χ3v) is 5.57. The molecular formula is C23H27N3O5. The van der Waals surface area contributed by atoms with Crippen molar-refractivity contribution < 1.29 is 23.8 Å². The van der Waals surface area contributed by atoms with E-state index >= 15 is 0 Å². The lowest BCUT2D eigenvalue weighted by Crippen LogP contribution is -2.55. The van der Waals surface area contributed by atoms with Crippen LogP contribution in [0.15, 0.2) is 48.5 Å². The largest absolute Gasteiger partial charge is 0.467 e. The minimum Gasteiger partial charge on any atom is -0.467 e. The van der Waals surface area contributed by atoms with Crippen molar-refractivity contribution in [1.82, 2.24) is 15.1 Å². The molecule has 2 heterocycles. The summed E-state index contributed by atoms with van der Waals surface area (Å²) in [5.41, 5.74) is 2.11. The molecule has 0 saturated carbocycles. The molecule has 2 aromatic rings. The van der Waals surface area contributed by atoms with E-state index in [4.69, 9.17) is 14.2 Å². The summed E-state index contributed by atoms with van der Waals surface area (Å²) in [6.07, 6.45) is 0.392. The van der Waals surface area contributed by atoms with Gasteiger partial charge in [0.1, 0.15) is 6.04 Å². The number of carbonyl (C=O) groups is 2. The Labute approximate surface area is 181 Å². The van der Waals surface area contributed by atoms with Crippen molar-refractivity contribution in [1.29, 1.82) is 0 Å². The molecule has 1 fully saturated rings. The molecule has 8 heteroatoms. The molecule has 2 aliphatic rings. The Morgan fingerprint density at radius 2 is 1.74 bits per heavy atom. The van der Waals surface area contributed by atoms with Crippen LogP contribution in [0.4, 0.5) is 4.79 Å². The van der Waals surface area contributed by atoms with E-state index in [9.17, 15) is 9.59 Å². The summed E-state index contributed by atoms with van der Waals surface area (Å²) in [7, 11) is 1.33. The number of hydrogen-bond acceptors (Lipinski definition) is 6. The molecule has 0 bridgehead atoms. The van der Waals surface area contributed by atoms with Crippen LogP contribution in [-0.4, -0.2) is 67.9 Å². The van der Waals surface area contributed by atoms with E-state index in [-0.39, 0.29) is 12.8 Å². The van der Waals surface area contributed by atoms with Gasteiger partial charge in [0.25, 0.3) is 0 Å². The van der Waals surface area contributed by atoms with Gasteiger partial charge in [0.05, 0.1) is 7.11 Å². The van der Waals surface area contributed by atoms with Crippen molar-refractivity contribution in [2.24, 2.45) is 0 Å². The Balaban J connectivity index is 1.29. The molecule has 1 saturated heterocycles. The van der Waals surface area contributed by atoms with Gasteiger partial charge in [0.15, 0.2) is 11.5 Å². The highest BCUT2D eigenvalue weighted by Crippen LogP contribution is 2.32. The average molecular weight is 425 g/mol. The van der Waals surface area contributed by atoms with Gasteiger partial charge in [0.2, 0.25) is 6.79 Å². The van der Waals surface area contributed by atoms with Gasteiger partial charge >= 0.3 is 12.0 Å². The van der Waals surface area contributed by atoms with E-state index in [1.165, 1.54) is 7.11 Å². The van der Waals surface area contributed by atoms with Gasteiger partial charge in [0, 0.05) is 39.1 Å². The first-order chi connectivity index (χ1) is 15.1. The number of fused-ring (bicyclic) bond motifs is 1. The van der Waals surface area contributed by atoms with Crippen LogP contribution in [0.5, 0.6) is 11.5 Å². The summed E-state index contributed by atoms with van der Waals surface area (Å²) in [6, 6.07) is 14.6. The van der Waals surface area contributed by atoms with Crippen LogP contribution >= 0.6 is 0 Å². The quantitative estimate of drug-likeness (QED) is 0.714. The van der Waals surface area contributed by atoms with Crippen molar-refractivity contribution >= 4 is 12.0 Å². The van der Waals surface area contributed by atoms with Gasteiger partial charge in [-0.05, 0) is 23.3 Å². The number of ether oxygens (including phenoxy) is 3. The average Bonchev–Trinajstić information content (AvgIpc) is 3.27. The summed E-state index contributed by atoms with van der Waals surface area (Å²) in [5, 5.41) is 2.84. The number of nitrogens with one attached hydrogen (secondary N) is 1. The second-order valence-corrected chi connectivity index (χ2v) is 7.67. The van der Waals surface area contributed by atoms with E-state index < -0.39 is 12.0 Å². The van der Waals surface area contributed by atoms with E-state index in [1.807, 2.05) is 48.5 Å². The third kappa shape index (κ3) is 5.27.